The minimum absolute atomic E-state index is 0.177. The molecule has 2 N–H and O–H groups in total. The van der Waals surface area contributed by atoms with E-state index in [1.807, 2.05) is 0 Å². The maximum absolute atomic E-state index is 11.7. The second-order valence-corrected chi connectivity index (χ2v) is 6.39. The van der Waals surface area contributed by atoms with E-state index in [9.17, 15) is 8.42 Å². The van der Waals surface area contributed by atoms with Crippen LogP contribution in [0.25, 0.3) is 11.1 Å². The Bertz CT molecular complexity index is 693. The number of nitrogens with two attached hydrogens (primary N) is 1. The van der Waals surface area contributed by atoms with Crippen LogP contribution in [0, 0.1) is 0 Å². The molecule has 1 saturated heterocycles. The summed E-state index contributed by atoms with van der Waals surface area (Å²) in [5, 5.41) is 0. The number of sulfonamides is 1. The summed E-state index contributed by atoms with van der Waals surface area (Å²) in [4.78, 5) is 4.24. The zero-order valence-corrected chi connectivity index (χ0v) is 10.5. The molecule has 0 bridgehead atoms. The number of oxazole rings is 1. The van der Waals surface area contributed by atoms with Crippen molar-refractivity contribution in [1.82, 2.24) is 9.29 Å². The van der Waals surface area contributed by atoms with Crippen LogP contribution in [-0.4, -0.2) is 30.0 Å². The van der Waals surface area contributed by atoms with Crippen molar-refractivity contribution in [1.29, 1.82) is 0 Å². The molecule has 1 aliphatic rings. The lowest BCUT2D eigenvalue weighted by Crippen LogP contribution is -2.25. The molecule has 1 aromatic heterocycles. The van der Waals surface area contributed by atoms with Gasteiger partial charge in [0.25, 0.3) is 0 Å². The third kappa shape index (κ3) is 1.85. The lowest BCUT2D eigenvalue weighted by molar-refractivity contribution is 0.384. The maximum Gasteiger partial charge on any atom is 0.214 e. The van der Waals surface area contributed by atoms with E-state index < -0.39 is 10.0 Å². The van der Waals surface area contributed by atoms with Gasteiger partial charge in [-0.05, 0) is 18.6 Å². The molecular formula is C11H13N3O3S. The minimum Gasteiger partial charge on any atom is -0.439 e. The summed E-state index contributed by atoms with van der Waals surface area (Å²) in [5.74, 6) is 0.586. The van der Waals surface area contributed by atoms with Gasteiger partial charge >= 0.3 is 0 Å². The van der Waals surface area contributed by atoms with Crippen molar-refractivity contribution in [2.75, 3.05) is 18.0 Å². The second-order valence-electron chi connectivity index (χ2n) is 4.30. The van der Waals surface area contributed by atoms with Gasteiger partial charge in [-0.15, -0.1) is 0 Å². The van der Waals surface area contributed by atoms with Crippen LogP contribution < -0.4 is 5.73 Å². The summed E-state index contributed by atoms with van der Waals surface area (Å²) in [6, 6.07) is 5.28. The van der Waals surface area contributed by atoms with E-state index >= 15 is 0 Å². The Labute approximate surface area is 104 Å². The number of anilines is 1. The van der Waals surface area contributed by atoms with E-state index in [1.165, 1.54) is 4.31 Å². The summed E-state index contributed by atoms with van der Waals surface area (Å²) in [6.45, 7) is 0.701. The van der Waals surface area contributed by atoms with Crippen LogP contribution in [0.1, 0.15) is 12.3 Å². The molecule has 1 aliphatic heterocycles. The Balaban J connectivity index is 1.94. The Morgan fingerprint density at radius 2 is 2.28 bits per heavy atom. The van der Waals surface area contributed by atoms with Crippen molar-refractivity contribution in [3.63, 3.8) is 0 Å². The van der Waals surface area contributed by atoms with Crippen LogP contribution in [0.3, 0.4) is 0 Å². The molecule has 0 atom stereocenters. The van der Waals surface area contributed by atoms with Gasteiger partial charge in [0.2, 0.25) is 15.9 Å². The molecule has 3 rings (SSSR count). The Morgan fingerprint density at radius 1 is 1.44 bits per heavy atom. The van der Waals surface area contributed by atoms with Crippen molar-refractivity contribution in [3.8, 4) is 0 Å². The van der Waals surface area contributed by atoms with Gasteiger partial charge in [0.1, 0.15) is 5.52 Å². The molecule has 2 heterocycles. The number of fused-ring (bicyclic) bond motifs is 1. The van der Waals surface area contributed by atoms with E-state index in [4.69, 9.17) is 10.2 Å². The number of para-hydroxylation sites is 1. The fourth-order valence-corrected chi connectivity index (χ4v) is 3.57. The monoisotopic (exact) mass is 267 g/mol. The number of hydrogen-bond donors (Lipinski definition) is 1. The van der Waals surface area contributed by atoms with E-state index in [-0.39, 0.29) is 12.3 Å². The normalized spacial score (nSPS) is 19.6. The average molecular weight is 267 g/mol. The summed E-state index contributed by atoms with van der Waals surface area (Å²) in [5.41, 5.74) is 7.48. The molecule has 0 amide bonds. The van der Waals surface area contributed by atoms with Crippen LogP contribution in [-0.2, 0) is 16.6 Å². The van der Waals surface area contributed by atoms with Gasteiger partial charge in [-0.25, -0.2) is 13.4 Å². The molecule has 0 unspecified atom stereocenters. The lowest BCUT2D eigenvalue weighted by Gasteiger charge is -2.10. The summed E-state index contributed by atoms with van der Waals surface area (Å²) >= 11 is 0. The van der Waals surface area contributed by atoms with Crippen molar-refractivity contribution >= 4 is 26.8 Å². The maximum atomic E-state index is 11.7. The number of nitrogen functional groups attached to an aromatic ring is 1. The summed E-state index contributed by atoms with van der Waals surface area (Å²) in [7, 11) is -3.13. The van der Waals surface area contributed by atoms with Gasteiger partial charge in [-0.2, -0.15) is 4.31 Å². The fourth-order valence-electron chi connectivity index (χ4n) is 2.10. The first-order valence-electron chi connectivity index (χ1n) is 5.68. The van der Waals surface area contributed by atoms with Crippen molar-refractivity contribution in [3.05, 3.63) is 24.1 Å². The highest BCUT2D eigenvalue weighted by Crippen LogP contribution is 2.23. The zero-order chi connectivity index (χ0) is 12.8. The lowest BCUT2D eigenvalue weighted by atomic mass is 10.3. The Hall–Kier alpha value is -1.60. The molecule has 1 fully saturated rings. The molecule has 0 radical (unpaired) electrons. The van der Waals surface area contributed by atoms with E-state index in [1.54, 1.807) is 18.2 Å². The van der Waals surface area contributed by atoms with E-state index in [0.29, 0.717) is 35.6 Å². The number of hydrogen-bond acceptors (Lipinski definition) is 5. The van der Waals surface area contributed by atoms with Crippen molar-refractivity contribution in [2.24, 2.45) is 0 Å². The first-order valence-corrected chi connectivity index (χ1v) is 7.29. The van der Waals surface area contributed by atoms with Crippen LogP contribution in [0.2, 0.25) is 0 Å². The van der Waals surface area contributed by atoms with Gasteiger partial charge in [-0.3, -0.25) is 0 Å². The number of aromatic nitrogens is 1. The molecule has 6 nitrogen and oxygen atoms in total. The van der Waals surface area contributed by atoms with Gasteiger partial charge in [0.05, 0.1) is 18.0 Å². The van der Waals surface area contributed by atoms with Gasteiger partial charge in [0, 0.05) is 6.54 Å². The first-order chi connectivity index (χ1) is 8.56. The fraction of sp³-hybridized carbons (Fsp3) is 0.364. The quantitative estimate of drug-likeness (QED) is 0.818. The number of rotatable bonds is 2. The highest BCUT2D eigenvalue weighted by Gasteiger charge is 2.29. The molecular weight excluding hydrogens is 254 g/mol. The summed E-state index contributed by atoms with van der Waals surface area (Å²) < 4.78 is 30.3. The topological polar surface area (TPSA) is 89.4 Å². The molecule has 0 saturated carbocycles. The molecule has 96 valence electrons. The molecule has 7 heteroatoms. The molecule has 18 heavy (non-hydrogen) atoms. The third-order valence-electron chi connectivity index (χ3n) is 3.01. The van der Waals surface area contributed by atoms with Crippen LogP contribution >= 0.6 is 0 Å². The number of benzene rings is 1. The van der Waals surface area contributed by atoms with Crippen LogP contribution in [0.4, 0.5) is 5.69 Å². The van der Waals surface area contributed by atoms with Gasteiger partial charge in [-0.1, -0.05) is 6.07 Å². The summed E-state index contributed by atoms with van der Waals surface area (Å²) in [6.07, 6.45) is 0.657. The number of nitrogens with zero attached hydrogens (tertiary/aromatic N) is 2. The van der Waals surface area contributed by atoms with Gasteiger partial charge in [0.15, 0.2) is 5.58 Å². The second kappa shape index (κ2) is 3.96. The third-order valence-corrected chi connectivity index (χ3v) is 4.91. The largest absolute Gasteiger partial charge is 0.439 e. The van der Waals surface area contributed by atoms with Crippen molar-refractivity contribution < 1.29 is 12.8 Å². The standard InChI is InChI=1S/C11H13N3O3S/c12-8-3-1-4-9-11(8)13-10(17-9)7-14-5-2-6-18(14,15)16/h1,3-4H,2,5-7,12H2. The molecule has 0 spiro atoms. The SMILES string of the molecule is Nc1cccc2oc(CN3CCCS3(=O)=O)nc12. The minimum atomic E-state index is -3.13. The predicted octanol–water partition coefficient (Wildman–Crippen LogP) is 0.946. The molecule has 0 aliphatic carbocycles. The van der Waals surface area contributed by atoms with E-state index in [2.05, 4.69) is 4.98 Å². The Morgan fingerprint density at radius 3 is 2.94 bits per heavy atom. The average Bonchev–Trinajstić information content (AvgIpc) is 2.84. The smallest absolute Gasteiger partial charge is 0.214 e. The van der Waals surface area contributed by atoms with Gasteiger partial charge < -0.3 is 10.2 Å². The van der Waals surface area contributed by atoms with Crippen LogP contribution in [0.5, 0.6) is 0 Å². The zero-order valence-electron chi connectivity index (χ0n) is 9.67. The highest BCUT2D eigenvalue weighted by atomic mass is 32.2. The molecule has 2 aromatic rings. The highest BCUT2D eigenvalue weighted by molar-refractivity contribution is 7.89. The Kier molecular flexibility index (Phi) is 2.53. The molecule has 1 aromatic carbocycles. The first kappa shape index (κ1) is 11.5. The predicted molar refractivity (Wildman–Crippen MR) is 67.2 cm³/mol. The van der Waals surface area contributed by atoms with Crippen molar-refractivity contribution in [2.45, 2.75) is 13.0 Å². The van der Waals surface area contributed by atoms with E-state index in [0.717, 1.165) is 0 Å². The van der Waals surface area contributed by atoms with Crippen LogP contribution in [0.15, 0.2) is 22.6 Å².